The van der Waals surface area contributed by atoms with Crippen molar-refractivity contribution in [3.63, 3.8) is 0 Å². The van der Waals surface area contributed by atoms with Crippen molar-refractivity contribution in [2.75, 3.05) is 29.5 Å². The van der Waals surface area contributed by atoms with Gasteiger partial charge in [-0.15, -0.1) is 0 Å². The zero-order valence-corrected chi connectivity index (χ0v) is 11.2. The standard InChI is InChI=1S/C13H19NO2S/c1-11(2)12-3-5-13(6-4-12)14-7-9-17(15,16)10-8-14/h3-6,11H,7-10H2,1-2H3/p+1. The maximum Gasteiger partial charge on any atom is 0.276 e. The Morgan fingerprint density at radius 2 is 1.71 bits per heavy atom. The molecule has 94 valence electrons. The van der Waals surface area contributed by atoms with Gasteiger partial charge in [-0.1, -0.05) is 26.0 Å². The third-order valence-electron chi connectivity index (χ3n) is 3.29. The number of nitrogens with zero attached hydrogens (tertiary/aromatic N) is 1. The molecule has 0 saturated carbocycles. The molecule has 1 fully saturated rings. The van der Waals surface area contributed by atoms with Gasteiger partial charge in [0.15, 0.2) is 0 Å². The van der Waals surface area contributed by atoms with Crippen LogP contribution in [0.2, 0.25) is 0 Å². The quantitative estimate of drug-likeness (QED) is 0.759. The molecule has 0 bridgehead atoms. The lowest BCUT2D eigenvalue weighted by molar-refractivity contribution is 0.604. The fourth-order valence-corrected chi connectivity index (χ4v) is 3.26. The van der Waals surface area contributed by atoms with Crippen LogP contribution in [0.4, 0.5) is 5.69 Å². The normalized spacial score (nSPS) is 19.6. The van der Waals surface area contributed by atoms with E-state index in [-0.39, 0.29) is 0 Å². The van der Waals surface area contributed by atoms with Gasteiger partial charge in [-0.3, -0.25) is 0 Å². The van der Waals surface area contributed by atoms with Gasteiger partial charge in [-0.05, 0) is 23.6 Å². The maximum absolute atomic E-state index is 11.5. The number of benzene rings is 1. The molecule has 2 rings (SSSR count). The minimum absolute atomic E-state index is 0.388. The molecule has 3 nitrogen and oxygen atoms in total. The minimum Gasteiger partial charge on any atom is -0.369 e. The molecule has 1 aromatic rings. The average Bonchev–Trinajstić information content (AvgIpc) is 2.29. The molecule has 0 amide bonds. The Hall–Kier alpha value is -1.03. The Labute approximate surface area is 103 Å². The summed E-state index contributed by atoms with van der Waals surface area (Å²) >= 11 is 0. The van der Waals surface area contributed by atoms with E-state index < -0.39 is 9.84 Å². The average molecular weight is 254 g/mol. The highest BCUT2D eigenvalue weighted by Gasteiger charge is 2.25. The van der Waals surface area contributed by atoms with Crippen LogP contribution in [0, 0.1) is 0 Å². The summed E-state index contributed by atoms with van der Waals surface area (Å²) in [4.78, 5) is 2.18. The maximum atomic E-state index is 11.5. The van der Waals surface area contributed by atoms with Gasteiger partial charge in [0.1, 0.15) is 11.5 Å². The van der Waals surface area contributed by atoms with E-state index in [1.807, 2.05) is 0 Å². The van der Waals surface area contributed by atoms with Gasteiger partial charge in [0, 0.05) is 18.8 Å². The lowest BCUT2D eigenvalue weighted by Gasteiger charge is -2.27. The Morgan fingerprint density at radius 1 is 1.18 bits per heavy atom. The number of anilines is 1. The van der Waals surface area contributed by atoms with Gasteiger partial charge in [0.2, 0.25) is 0 Å². The first-order chi connectivity index (χ1) is 7.98. The largest absolute Gasteiger partial charge is 0.369 e. The van der Waals surface area contributed by atoms with Crippen molar-refractivity contribution in [2.24, 2.45) is 0 Å². The van der Waals surface area contributed by atoms with Crippen LogP contribution in [0.5, 0.6) is 0 Å². The second-order valence-electron chi connectivity index (χ2n) is 4.91. The first kappa shape index (κ1) is 12.4. The summed E-state index contributed by atoms with van der Waals surface area (Å²) in [6.07, 6.45) is 0. The Balaban J connectivity index is 2.09. The van der Waals surface area contributed by atoms with E-state index in [2.05, 4.69) is 43.0 Å². The van der Waals surface area contributed by atoms with Crippen molar-refractivity contribution in [3.8, 4) is 0 Å². The van der Waals surface area contributed by atoms with Crippen molar-refractivity contribution >= 4 is 15.5 Å². The van der Waals surface area contributed by atoms with Gasteiger partial charge in [0.05, 0.1) is 0 Å². The molecular formula is C13H20NO2S+. The number of hydrogen-bond donors (Lipinski definition) is 0. The minimum atomic E-state index is -2.54. The molecule has 1 aromatic carbocycles. The van der Waals surface area contributed by atoms with Crippen molar-refractivity contribution in [2.45, 2.75) is 19.8 Å². The lowest BCUT2D eigenvalue weighted by Crippen LogP contribution is -2.40. The first-order valence-electron chi connectivity index (χ1n) is 6.05. The van der Waals surface area contributed by atoms with E-state index in [0.717, 1.165) is 5.69 Å². The third-order valence-corrected chi connectivity index (χ3v) is 4.93. The van der Waals surface area contributed by atoms with Crippen molar-refractivity contribution in [1.82, 2.24) is 0 Å². The summed E-state index contributed by atoms with van der Waals surface area (Å²) in [6, 6.07) is 8.51. The molecule has 0 radical (unpaired) electrons. The lowest BCUT2D eigenvalue weighted by atomic mass is 10.0. The molecule has 1 aliphatic rings. The fraction of sp³-hybridized carbons (Fsp3) is 0.538. The zero-order chi connectivity index (χ0) is 12.5. The summed E-state index contributed by atoms with van der Waals surface area (Å²) in [5.41, 5.74) is 2.49. The van der Waals surface area contributed by atoms with Crippen LogP contribution in [0.25, 0.3) is 0 Å². The predicted octanol–water partition coefficient (Wildman–Crippen LogP) is 2.20. The second kappa shape index (κ2) is 4.69. The van der Waals surface area contributed by atoms with Crippen molar-refractivity contribution < 1.29 is 8.42 Å². The van der Waals surface area contributed by atoms with Crippen LogP contribution in [-0.2, 0) is 9.84 Å². The Kier molecular flexibility index (Phi) is 3.43. The van der Waals surface area contributed by atoms with E-state index in [1.165, 1.54) is 5.56 Å². The summed E-state index contributed by atoms with van der Waals surface area (Å²) < 4.78 is 20.9. The predicted molar refractivity (Wildman–Crippen MR) is 72.6 cm³/mol. The summed E-state index contributed by atoms with van der Waals surface area (Å²) in [5, 5.41) is 0. The van der Waals surface area contributed by atoms with Crippen LogP contribution in [0.15, 0.2) is 24.3 Å². The molecule has 1 N–H and O–H groups in total. The van der Waals surface area contributed by atoms with Crippen LogP contribution in [0.1, 0.15) is 25.3 Å². The SMILES string of the molecule is CC(C)c1ccc(N2CCS(=O)(=[OH+])CC2)cc1. The molecule has 1 saturated heterocycles. The van der Waals surface area contributed by atoms with E-state index >= 15 is 0 Å². The number of hydrogen-bond acceptors (Lipinski definition) is 2. The Bertz CT molecular complexity index is 463. The highest BCUT2D eigenvalue weighted by molar-refractivity contribution is 7.91. The summed E-state index contributed by atoms with van der Waals surface area (Å²) in [6.45, 7) is 5.71. The smallest absolute Gasteiger partial charge is 0.276 e. The van der Waals surface area contributed by atoms with Gasteiger partial charge in [0.25, 0.3) is 9.84 Å². The number of rotatable bonds is 2. The highest BCUT2D eigenvalue weighted by Crippen LogP contribution is 2.21. The van der Waals surface area contributed by atoms with E-state index in [9.17, 15) is 8.42 Å². The van der Waals surface area contributed by atoms with Crippen LogP contribution >= 0.6 is 0 Å². The second-order valence-corrected chi connectivity index (χ2v) is 7.28. The van der Waals surface area contributed by atoms with Crippen LogP contribution < -0.4 is 4.90 Å². The third kappa shape index (κ3) is 3.00. The van der Waals surface area contributed by atoms with E-state index in [1.54, 1.807) is 0 Å². The van der Waals surface area contributed by atoms with Crippen LogP contribution in [-0.4, -0.2) is 33.0 Å². The summed E-state index contributed by atoms with van der Waals surface area (Å²) in [7, 11) is -2.54. The highest BCUT2D eigenvalue weighted by atomic mass is 32.2. The molecule has 0 aromatic heterocycles. The van der Waals surface area contributed by atoms with Gasteiger partial charge >= 0.3 is 0 Å². The van der Waals surface area contributed by atoms with Crippen molar-refractivity contribution in [1.29, 1.82) is 0 Å². The molecule has 0 atom stereocenters. The van der Waals surface area contributed by atoms with Crippen molar-refractivity contribution in [3.05, 3.63) is 29.8 Å². The molecule has 1 aliphatic heterocycles. The molecule has 4 heteroatoms. The van der Waals surface area contributed by atoms with E-state index in [0.29, 0.717) is 30.5 Å². The topological polar surface area (TPSA) is 41.7 Å². The molecule has 17 heavy (non-hydrogen) atoms. The van der Waals surface area contributed by atoms with Crippen LogP contribution in [0.3, 0.4) is 0 Å². The molecule has 0 spiro atoms. The molecular weight excluding hydrogens is 234 g/mol. The first-order valence-corrected chi connectivity index (χ1v) is 7.90. The monoisotopic (exact) mass is 254 g/mol. The van der Waals surface area contributed by atoms with Gasteiger partial charge in [-0.25, -0.2) is 4.21 Å². The van der Waals surface area contributed by atoms with Gasteiger partial charge in [-0.2, -0.15) is 4.21 Å². The molecule has 0 unspecified atom stereocenters. The Morgan fingerprint density at radius 3 is 2.18 bits per heavy atom. The molecule has 0 aliphatic carbocycles. The summed E-state index contributed by atoms with van der Waals surface area (Å²) in [5.74, 6) is 1.32. The fourth-order valence-electron chi connectivity index (χ4n) is 2.05. The zero-order valence-electron chi connectivity index (χ0n) is 10.4. The molecule has 1 heterocycles. The van der Waals surface area contributed by atoms with Gasteiger partial charge < -0.3 is 4.90 Å². The van der Waals surface area contributed by atoms with E-state index in [4.69, 9.17) is 0 Å².